The van der Waals surface area contributed by atoms with Crippen LogP contribution < -0.4 is 5.32 Å². The first kappa shape index (κ1) is 23.3. The Morgan fingerprint density at radius 3 is 2.53 bits per heavy atom. The number of carbonyl (C=O) groups excluding carboxylic acids is 3. The molecule has 5 heteroatoms. The summed E-state index contributed by atoms with van der Waals surface area (Å²) >= 11 is 0. The van der Waals surface area contributed by atoms with Crippen molar-refractivity contribution < 1.29 is 19.1 Å². The Labute approximate surface area is 192 Å². The van der Waals surface area contributed by atoms with Gasteiger partial charge in [0.1, 0.15) is 0 Å². The highest BCUT2D eigenvalue weighted by Crippen LogP contribution is 2.67. The fourth-order valence-corrected chi connectivity index (χ4v) is 7.60. The van der Waals surface area contributed by atoms with Crippen LogP contribution in [0.4, 0.5) is 4.79 Å². The molecule has 176 valence electrons. The normalized spacial score (nSPS) is 41.1. The number of ketones is 1. The van der Waals surface area contributed by atoms with Crippen molar-refractivity contribution in [3.8, 4) is 0 Å². The van der Waals surface area contributed by atoms with Crippen LogP contribution in [0.15, 0.2) is 23.8 Å². The first-order chi connectivity index (χ1) is 15.1. The zero-order valence-corrected chi connectivity index (χ0v) is 20.3. The number of Topliss-reactive ketones (excluding diaryl/α,β-unsaturated/α-hetero) is 1. The number of alkyl carbamates (subject to hydrolysis) is 1. The number of aldehydes is 1. The van der Waals surface area contributed by atoms with Crippen LogP contribution in [0.25, 0.3) is 0 Å². The third-order valence-corrected chi connectivity index (χ3v) is 9.85. The Kier molecular flexibility index (Phi) is 5.92. The molecule has 3 fully saturated rings. The number of amides is 1. The molecule has 32 heavy (non-hydrogen) atoms. The first-order valence-electron chi connectivity index (χ1n) is 12.5. The highest BCUT2D eigenvalue weighted by Gasteiger charge is 2.68. The predicted octanol–water partition coefficient (Wildman–Crippen LogP) is 5.39. The molecule has 4 aliphatic carbocycles. The number of allylic oxidation sites excluding steroid dienone is 4. The highest BCUT2D eigenvalue weighted by atomic mass is 16.6. The standard InChI is InChI=1S/C27H39NO4/c1-17(2)18(3)28-24(31)32-27(23(30)16-29)15-12-22-20-10-9-19-8-6-7-13-25(19,4)21(20)11-14-26(22,27)5/h7-8,13,16-18,20-22H,6,9-12,14-15H2,1-5H3,(H,28,31)/t18?,20-,21+,22+,25+,26+,27+/m1/s1. The molecule has 0 aromatic rings. The van der Waals surface area contributed by atoms with Gasteiger partial charge in [-0.2, -0.15) is 0 Å². The Hall–Kier alpha value is -1.91. The molecule has 0 saturated heterocycles. The summed E-state index contributed by atoms with van der Waals surface area (Å²) in [5.41, 5.74) is -0.213. The van der Waals surface area contributed by atoms with Crippen molar-refractivity contribution >= 4 is 18.2 Å². The molecule has 7 atom stereocenters. The van der Waals surface area contributed by atoms with E-state index in [1.54, 1.807) is 5.57 Å². The van der Waals surface area contributed by atoms with Crippen molar-refractivity contribution in [2.45, 2.75) is 91.2 Å². The monoisotopic (exact) mass is 441 g/mol. The van der Waals surface area contributed by atoms with Crippen molar-refractivity contribution in [3.63, 3.8) is 0 Å². The lowest BCUT2D eigenvalue weighted by atomic mass is 9.47. The van der Waals surface area contributed by atoms with Gasteiger partial charge in [0.25, 0.3) is 0 Å². The molecule has 1 unspecified atom stereocenters. The van der Waals surface area contributed by atoms with Crippen molar-refractivity contribution in [1.82, 2.24) is 5.32 Å². The molecule has 1 N–H and O–H groups in total. The van der Waals surface area contributed by atoms with E-state index in [4.69, 9.17) is 4.74 Å². The molecule has 0 aromatic carbocycles. The van der Waals surface area contributed by atoms with Crippen LogP contribution in [-0.2, 0) is 14.3 Å². The summed E-state index contributed by atoms with van der Waals surface area (Å²) in [5, 5.41) is 2.88. The fourth-order valence-electron chi connectivity index (χ4n) is 7.60. The second-order valence-corrected chi connectivity index (χ2v) is 11.4. The summed E-state index contributed by atoms with van der Waals surface area (Å²) in [6.07, 6.45) is 13.2. The van der Waals surface area contributed by atoms with Crippen molar-refractivity contribution in [3.05, 3.63) is 23.8 Å². The van der Waals surface area contributed by atoms with Gasteiger partial charge in [0, 0.05) is 16.9 Å². The van der Waals surface area contributed by atoms with E-state index in [0.717, 1.165) is 38.5 Å². The Balaban J connectivity index is 1.64. The van der Waals surface area contributed by atoms with Crippen LogP contribution in [0.2, 0.25) is 0 Å². The van der Waals surface area contributed by atoms with Gasteiger partial charge in [-0.15, -0.1) is 0 Å². The average Bonchev–Trinajstić information content (AvgIpc) is 3.05. The zero-order chi connectivity index (χ0) is 23.3. The van der Waals surface area contributed by atoms with Crippen LogP contribution in [0, 0.1) is 34.5 Å². The number of rotatable bonds is 5. The van der Waals surface area contributed by atoms with Crippen molar-refractivity contribution in [1.29, 1.82) is 0 Å². The summed E-state index contributed by atoms with van der Waals surface area (Å²) in [5.74, 6) is 0.953. The lowest BCUT2D eigenvalue weighted by molar-refractivity contribution is -0.162. The summed E-state index contributed by atoms with van der Waals surface area (Å²) in [6, 6.07) is -0.0757. The van der Waals surface area contributed by atoms with Crippen molar-refractivity contribution in [2.24, 2.45) is 34.5 Å². The van der Waals surface area contributed by atoms with Crippen LogP contribution >= 0.6 is 0 Å². The molecule has 0 bridgehead atoms. The second kappa shape index (κ2) is 8.14. The highest BCUT2D eigenvalue weighted by molar-refractivity contribution is 6.29. The molecular formula is C27H39NO4. The lowest BCUT2D eigenvalue weighted by Crippen LogP contribution is -2.60. The quantitative estimate of drug-likeness (QED) is 0.353. The third kappa shape index (κ3) is 3.30. The lowest BCUT2D eigenvalue weighted by Gasteiger charge is -2.58. The first-order valence-corrected chi connectivity index (χ1v) is 12.5. The number of nitrogens with one attached hydrogen (secondary N) is 1. The molecule has 3 saturated carbocycles. The van der Waals surface area contributed by atoms with E-state index in [-0.39, 0.29) is 23.3 Å². The van der Waals surface area contributed by atoms with E-state index in [1.807, 2.05) is 20.8 Å². The summed E-state index contributed by atoms with van der Waals surface area (Å²) < 4.78 is 6.00. The van der Waals surface area contributed by atoms with E-state index < -0.39 is 22.9 Å². The minimum Gasteiger partial charge on any atom is -0.434 e. The van der Waals surface area contributed by atoms with Gasteiger partial charge in [0.05, 0.1) is 0 Å². The molecule has 1 amide bonds. The maximum atomic E-state index is 13.1. The molecule has 0 spiro atoms. The molecule has 0 aliphatic heterocycles. The van der Waals surface area contributed by atoms with Crippen molar-refractivity contribution in [2.75, 3.05) is 0 Å². The maximum absolute atomic E-state index is 13.1. The van der Waals surface area contributed by atoms with E-state index in [9.17, 15) is 14.4 Å². The second-order valence-electron chi connectivity index (χ2n) is 11.4. The third-order valence-electron chi connectivity index (χ3n) is 9.85. The van der Waals surface area contributed by atoms with Gasteiger partial charge in [-0.1, -0.05) is 51.5 Å². The Bertz CT molecular complexity index is 860. The van der Waals surface area contributed by atoms with Crippen LogP contribution in [0.3, 0.4) is 0 Å². The van der Waals surface area contributed by atoms with Gasteiger partial charge >= 0.3 is 6.09 Å². The Morgan fingerprint density at radius 2 is 1.84 bits per heavy atom. The van der Waals surface area contributed by atoms with Gasteiger partial charge in [-0.25, -0.2) is 4.79 Å². The van der Waals surface area contributed by atoms with Gasteiger partial charge in [-0.05, 0) is 75.5 Å². The van der Waals surface area contributed by atoms with Crippen LogP contribution in [0.1, 0.15) is 79.6 Å². The minimum atomic E-state index is -1.36. The summed E-state index contributed by atoms with van der Waals surface area (Å²) in [6.45, 7) is 10.5. The summed E-state index contributed by atoms with van der Waals surface area (Å²) in [4.78, 5) is 37.7. The Morgan fingerprint density at radius 1 is 1.12 bits per heavy atom. The number of fused-ring (bicyclic) bond motifs is 5. The molecule has 0 heterocycles. The molecule has 0 aromatic heterocycles. The van der Waals surface area contributed by atoms with Gasteiger partial charge < -0.3 is 10.1 Å². The topological polar surface area (TPSA) is 72.5 Å². The zero-order valence-electron chi connectivity index (χ0n) is 20.3. The number of ether oxygens (including phenoxy) is 1. The number of hydrogen-bond acceptors (Lipinski definition) is 4. The van der Waals surface area contributed by atoms with E-state index >= 15 is 0 Å². The largest absolute Gasteiger partial charge is 0.434 e. The fraction of sp³-hybridized carbons (Fsp3) is 0.741. The van der Waals surface area contributed by atoms with Gasteiger partial charge in [0.15, 0.2) is 11.9 Å². The van der Waals surface area contributed by atoms with E-state index in [0.29, 0.717) is 24.5 Å². The average molecular weight is 442 g/mol. The van der Waals surface area contributed by atoms with Gasteiger partial charge in [0.2, 0.25) is 5.78 Å². The smallest absolute Gasteiger partial charge is 0.408 e. The molecule has 5 nitrogen and oxygen atoms in total. The molecule has 4 rings (SSSR count). The molecule has 0 radical (unpaired) electrons. The number of carbonyl (C=O) groups is 3. The molecular weight excluding hydrogens is 402 g/mol. The SMILES string of the molecule is CC(C)C(C)NC(=O)O[C@]1(C(=O)C=O)CC[C@H]2[C@@H]3CCC4=CCC=C[C@]4(C)[C@H]3CC[C@@]21C. The minimum absolute atomic E-state index is 0.0757. The van der Waals surface area contributed by atoms with Crippen LogP contribution in [-0.4, -0.2) is 29.8 Å². The molecule has 4 aliphatic rings. The maximum Gasteiger partial charge on any atom is 0.408 e. The summed E-state index contributed by atoms with van der Waals surface area (Å²) in [7, 11) is 0. The van der Waals surface area contributed by atoms with Gasteiger partial charge in [-0.3, -0.25) is 9.59 Å². The number of hydrogen-bond donors (Lipinski definition) is 1. The van der Waals surface area contributed by atoms with E-state index in [1.165, 1.54) is 0 Å². The predicted molar refractivity (Wildman–Crippen MR) is 124 cm³/mol. The van der Waals surface area contributed by atoms with Crippen LogP contribution in [0.5, 0.6) is 0 Å². The van der Waals surface area contributed by atoms with E-state index in [2.05, 4.69) is 37.4 Å².